The number of carbonyl (C=O) groups excluding carboxylic acids is 3. The van der Waals surface area contributed by atoms with Crippen molar-refractivity contribution in [2.45, 2.75) is 69.1 Å². The second-order valence-electron chi connectivity index (χ2n) is 15.9. The number of fused-ring (bicyclic) bond motifs is 3. The van der Waals surface area contributed by atoms with E-state index >= 15 is 4.79 Å². The fraction of sp³-hybridized carbons (Fsp3) is 0.372. The van der Waals surface area contributed by atoms with Gasteiger partial charge in [-0.25, -0.2) is 0 Å². The van der Waals surface area contributed by atoms with E-state index in [1.165, 1.54) is 12.1 Å². The summed E-state index contributed by atoms with van der Waals surface area (Å²) in [6.07, 6.45) is 0.813. The van der Waals surface area contributed by atoms with Crippen molar-refractivity contribution in [2.24, 2.45) is 5.92 Å². The maximum absolute atomic E-state index is 15.3. The van der Waals surface area contributed by atoms with Crippen LogP contribution in [-0.2, 0) is 31.3 Å². The number of nitro benzene ring substituents is 1. The lowest BCUT2D eigenvalue weighted by Gasteiger charge is -2.37. The number of likely N-dealkylation sites (tertiary alicyclic amines) is 1. The molecule has 0 bridgehead atoms. The maximum Gasteiger partial charge on any atom is 0.269 e. The van der Waals surface area contributed by atoms with Gasteiger partial charge >= 0.3 is 0 Å². The molecule has 0 radical (unpaired) electrons. The van der Waals surface area contributed by atoms with E-state index in [2.05, 4.69) is 13.1 Å². The Hall–Kier alpha value is -5.57. The first-order valence-electron chi connectivity index (χ1n) is 19.4. The van der Waals surface area contributed by atoms with Gasteiger partial charge in [-0.05, 0) is 66.4 Å². The van der Waals surface area contributed by atoms with Crippen molar-refractivity contribution in [1.82, 2.24) is 4.90 Å². The number of benzene rings is 4. The summed E-state index contributed by atoms with van der Waals surface area (Å²) in [6.45, 7) is 6.86. The average Bonchev–Trinajstić information content (AvgIpc) is 3.88. The van der Waals surface area contributed by atoms with Crippen molar-refractivity contribution in [3.63, 3.8) is 0 Å². The molecular formula is C43H46N4O9Si. The maximum atomic E-state index is 15.3. The summed E-state index contributed by atoms with van der Waals surface area (Å²) >= 11 is 0. The van der Waals surface area contributed by atoms with E-state index in [1.807, 2.05) is 79.7 Å². The molecule has 1 N–H and O–H groups in total. The minimum atomic E-state index is -2.62. The van der Waals surface area contributed by atoms with Crippen molar-refractivity contribution in [3.8, 4) is 11.5 Å². The van der Waals surface area contributed by atoms with Gasteiger partial charge in [0.25, 0.3) is 17.5 Å². The topological polar surface area (TPSA) is 152 Å². The fourth-order valence-electron chi connectivity index (χ4n) is 9.73. The number of para-hydroxylation sites is 2. The van der Waals surface area contributed by atoms with E-state index in [1.54, 1.807) is 27.9 Å². The number of carbonyl (C=O) groups is 3. The van der Waals surface area contributed by atoms with Crippen LogP contribution >= 0.6 is 0 Å². The molecule has 2 saturated heterocycles. The first kappa shape index (κ1) is 38.3. The number of nitrogens with zero attached hydrogens (tertiary/aromatic N) is 4. The molecule has 13 nitrogen and oxygen atoms in total. The molecule has 4 aromatic rings. The van der Waals surface area contributed by atoms with Crippen molar-refractivity contribution < 1.29 is 38.6 Å². The summed E-state index contributed by atoms with van der Waals surface area (Å²) < 4.78 is 18.2. The number of hydrogen-bond acceptors (Lipinski definition) is 9. The van der Waals surface area contributed by atoms with E-state index in [0.717, 1.165) is 17.2 Å². The molecule has 296 valence electrons. The number of aliphatic hydroxyl groups excluding tert-OH is 1. The van der Waals surface area contributed by atoms with Gasteiger partial charge in [-0.15, -0.1) is 0 Å². The number of rotatable bonds is 10. The van der Waals surface area contributed by atoms with Crippen molar-refractivity contribution in [3.05, 3.63) is 112 Å². The summed E-state index contributed by atoms with van der Waals surface area (Å²) in [4.78, 5) is 59.1. The molecular weight excluding hydrogens is 745 g/mol. The largest absolute Gasteiger partial charge is 0.497 e. The Morgan fingerprint density at radius 3 is 2.46 bits per heavy atom. The summed E-state index contributed by atoms with van der Waals surface area (Å²) in [5.74, 6) is 0.134. The van der Waals surface area contributed by atoms with Gasteiger partial charge in [0.15, 0.2) is 12.2 Å². The molecule has 2 fully saturated rings. The molecule has 4 aliphatic heterocycles. The lowest BCUT2D eigenvalue weighted by Crippen LogP contribution is -2.52. The smallest absolute Gasteiger partial charge is 0.269 e. The monoisotopic (exact) mass is 790 g/mol. The molecule has 4 aliphatic rings. The van der Waals surface area contributed by atoms with Crippen molar-refractivity contribution in [2.75, 3.05) is 36.7 Å². The Kier molecular flexibility index (Phi) is 9.91. The molecule has 0 saturated carbocycles. The Labute approximate surface area is 331 Å². The second-order valence-corrected chi connectivity index (χ2v) is 20.6. The van der Waals surface area contributed by atoms with Gasteiger partial charge < -0.3 is 29.1 Å². The van der Waals surface area contributed by atoms with E-state index in [4.69, 9.17) is 14.2 Å². The van der Waals surface area contributed by atoms with E-state index < -0.39 is 30.6 Å². The van der Waals surface area contributed by atoms with E-state index in [9.17, 15) is 24.8 Å². The predicted octanol–water partition coefficient (Wildman–Crippen LogP) is 5.80. The number of nitro groups is 1. The molecule has 14 heteroatoms. The summed E-state index contributed by atoms with van der Waals surface area (Å²) in [5.41, 5.74) is 0.936. The number of non-ortho nitro benzene ring substituents is 1. The number of methoxy groups -OCH3 is 1. The molecule has 0 unspecified atom stereocenters. The van der Waals surface area contributed by atoms with Crippen LogP contribution in [-0.4, -0.2) is 79.7 Å². The average molecular weight is 791 g/mol. The highest BCUT2D eigenvalue weighted by atomic mass is 28.3. The molecule has 4 aromatic carbocycles. The van der Waals surface area contributed by atoms with Crippen molar-refractivity contribution >= 4 is 53.7 Å². The Morgan fingerprint density at radius 1 is 1.02 bits per heavy atom. The molecule has 57 heavy (non-hydrogen) atoms. The highest BCUT2D eigenvalue weighted by Gasteiger charge is 2.67. The quantitative estimate of drug-likeness (QED) is 0.120. The molecule has 4 heterocycles. The zero-order chi connectivity index (χ0) is 40.2. The summed E-state index contributed by atoms with van der Waals surface area (Å²) in [7, 11) is -1.00. The molecule has 8 rings (SSSR count). The van der Waals surface area contributed by atoms with Gasteiger partial charge in [-0.3, -0.25) is 29.4 Å². The first-order valence-corrected chi connectivity index (χ1v) is 22.4. The van der Waals surface area contributed by atoms with Crippen LogP contribution in [0.5, 0.6) is 11.5 Å². The first-order chi connectivity index (χ1) is 27.4. The summed E-state index contributed by atoms with van der Waals surface area (Å²) in [6, 6.07) is 26.8. The number of amides is 3. The highest BCUT2D eigenvalue weighted by Crippen LogP contribution is 2.60. The summed E-state index contributed by atoms with van der Waals surface area (Å²) in [5, 5.41) is 23.4. The van der Waals surface area contributed by atoms with Crippen LogP contribution in [0.15, 0.2) is 91.0 Å². The number of ether oxygens (including phenoxy) is 3. The lowest BCUT2D eigenvalue weighted by atomic mass is 9.82. The van der Waals surface area contributed by atoms with Crippen LogP contribution in [0.3, 0.4) is 0 Å². The highest BCUT2D eigenvalue weighted by molar-refractivity contribution is 6.91. The Morgan fingerprint density at radius 2 is 1.75 bits per heavy atom. The van der Waals surface area contributed by atoms with Crippen LogP contribution in [0.2, 0.25) is 18.6 Å². The van der Waals surface area contributed by atoms with Crippen LogP contribution < -0.4 is 24.5 Å². The van der Waals surface area contributed by atoms with Gasteiger partial charge in [0.05, 0.1) is 63.2 Å². The van der Waals surface area contributed by atoms with Crippen molar-refractivity contribution in [1.29, 1.82) is 0 Å². The van der Waals surface area contributed by atoms with Crippen LogP contribution in [0, 0.1) is 16.0 Å². The van der Waals surface area contributed by atoms with Gasteiger partial charge in [0, 0.05) is 35.8 Å². The molecule has 0 aliphatic carbocycles. The minimum absolute atomic E-state index is 0.00221. The third kappa shape index (κ3) is 6.35. The van der Waals surface area contributed by atoms with Gasteiger partial charge in [0.2, 0.25) is 5.91 Å². The number of aliphatic hydroxyl groups is 1. The third-order valence-electron chi connectivity index (χ3n) is 12.6. The zero-order valence-electron chi connectivity index (χ0n) is 32.4. The number of hydrogen-bond donors (Lipinski definition) is 1. The minimum Gasteiger partial charge on any atom is -0.497 e. The molecule has 1 spiro atoms. The Bertz CT molecular complexity index is 2230. The second kappa shape index (κ2) is 14.7. The van der Waals surface area contributed by atoms with Gasteiger partial charge in [0.1, 0.15) is 11.5 Å². The van der Waals surface area contributed by atoms with Crippen LogP contribution in [0.1, 0.15) is 37.3 Å². The fourth-order valence-corrected chi connectivity index (χ4v) is 13.7. The van der Waals surface area contributed by atoms with Crippen LogP contribution in [0.25, 0.3) is 0 Å². The standard InChI is InChI=1S/C43H46N4O9Si/c1-27-41(57(3,4)33-18-16-32(54-2)17-19-33)38(23-39(49)44-21-7-8-31(44)25-48)56-43(27)34-22-30(47(52)53)15-20-35(34)45(42(43)51)24-28-11-13-29(14-12-28)46-36-9-5-6-10-37(36)55-26-40(46)50/h5-6,9-20,22,27,31,38,41,48H,7-8,21,23-26H2,1-4H3/t27-,31-,38+,41-,43+/m0/s1. The third-order valence-corrected chi connectivity index (χ3v) is 16.9. The molecule has 0 aromatic heterocycles. The van der Waals surface area contributed by atoms with Gasteiger partial charge in [-0.1, -0.05) is 61.6 Å². The zero-order valence-corrected chi connectivity index (χ0v) is 33.4. The molecule has 5 atom stereocenters. The lowest BCUT2D eigenvalue weighted by molar-refractivity contribution is -0.385. The van der Waals surface area contributed by atoms with Crippen LogP contribution in [0.4, 0.5) is 22.7 Å². The van der Waals surface area contributed by atoms with Gasteiger partial charge in [-0.2, -0.15) is 0 Å². The van der Waals surface area contributed by atoms with E-state index in [0.29, 0.717) is 47.1 Å². The molecule has 3 amide bonds. The number of anilines is 3. The Balaban J connectivity index is 1.18. The predicted molar refractivity (Wildman–Crippen MR) is 216 cm³/mol. The SMILES string of the molecule is COc1ccc([Si](C)(C)[C@@H]2[C@@H](CC(=O)N3CCC[C@H]3CO)O[C@]3(C(=O)N(Cc4ccc(N5C(=O)COc6ccccc65)cc4)c4ccc([N+](=O)[O-])cc43)[C@H]2C)cc1. The van der Waals surface area contributed by atoms with E-state index in [-0.39, 0.29) is 61.2 Å². The normalized spacial score (nSPS) is 24.1.